The Labute approximate surface area is 234 Å². The maximum Gasteiger partial charge on any atom is 0.416 e. The van der Waals surface area contributed by atoms with Crippen molar-refractivity contribution in [2.24, 2.45) is 11.3 Å². The highest BCUT2D eigenvalue weighted by atomic mass is 19.4. The maximum absolute atomic E-state index is 14.5. The minimum atomic E-state index is -4.45. The smallest absolute Gasteiger partial charge is 0.416 e. The fourth-order valence-electron chi connectivity index (χ4n) is 5.51. The van der Waals surface area contributed by atoms with Crippen LogP contribution >= 0.6 is 0 Å². The Bertz CT molecular complexity index is 1330. The van der Waals surface area contributed by atoms with Gasteiger partial charge in [0, 0.05) is 30.8 Å². The number of alkyl halides is 3. The van der Waals surface area contributed by atoms with Gasteiger partial charge in [-0.1, -0.05) is 64.4 Å². The van der Waals surface area contributed by atoms with Gasteiger partial charge in [0.1, 0.15) is 11.6 Å². The molecule has 0 saturated carbocycles. The van der Waals surface area contributed by atoms with Gasteiger partial charge in [0.15, 0.2) is 0 Å². The number of hydrogen-bond acceptors (Lipinski definition) is 3. The summed E-state index contributed by atoms with van der Waals surface area (Å²) in [5.74, 6) is -0.632. The zero-order valence-electron chi connectivity index (χ0n) is 23.6. The van der Waals surface area contributed by atoms with Crippen molar-refractivity contribution in [1.29, 1.82) is 0 Å². The molecule has 3 nitrogen and oxygen atoms in total. The standard InChI is InChI=1S/C33H37F4NO2/c1-5-8-22(2)31(39)40-30-10-6-9-27(23-11-14-25(15-12-23)33(35,36)37)28(30)19-24-13-16-26(34)20-29(24)38-18-7-17-32(3,4)21-38/h6,9-16,20,22H,5,7-8,17-19,21H2,1-4H3. The predicted octanol–water partition coefficient (Wildman–Crippen LogP) is 9.07. The van der Waals surface area contributed by atoms with Crippen LogP contribution in [-0.2, 0) is 17.4 Å². The molecule has 3 aromatic carbocycles. The number of esters is 1. The van der Waals surface area contributed by atoms with Crippen molar-refractivity contribution >= 4 is 11.7 Å². The summed E-state index contributed by atoms with van der Waals surface area (Å²) in [7, 11) is 0. The number of anilines is 1. The minimum absolute atomic E-state index is 0.0794. The third-order valence-corrected chi connectivity index (χ3v) is 7.65. The van der Waals surface area contributed by atoms with Gasteiger partial charge in [-0.2, -0.15) is 13.2 Å². The molecule has 4 rings (SSSR count). The van der Waals surface area contributed by atoms with Gasteiger partial charge in [-0.15, -0.1) is 0 Å². The van der Waals surface area contributed by atoms with Gasteiger partial charge in [0.25, 0.3) is 0 Å². The van der Waals surface area contributed by atoms with E-state index in [1.807, 2.05) is 19.9 Å². The third kappa shape index (κ3) is 7.04. The van der Waals surface area contributed by atoms with Crippen molar-refractivity contribution in [2.75, 3.05) is 18.0 Å². The van der Waals surface area contributed by atoms with E-state index in [0.29, 0.717) is 35.3 Å². The van der Waals surface area contributed by atoms with E-state index in [0.717, 1.165) is 55.7 Å². The summed E-state index contributed by atoms with van der Waals surface area (Å²) >= 11 is 0. The lowest BCUT2D eigenvalue weighted by Gasteiger charge is -2.40. The summed E-state index contributed by atoms with van der Waals surface area (Å²) in [5, 5.41) is 0. The molecule has 3 aromatic rings. The third-order valence-electron chi connectivity index (χ3n) is 7.65. The molecule has 0 amide bonds. The molecule has 0 N–H and O–H groups in total. The molecule has 1 aliphatic heterocycles. The Balaban J connectivity index is 1.80. The number of hydrogen-bond donors (Lipinski definition) is 0. The summed E-state index contributed by atoms with van der Waals surface area (Å²) in [6, 6.07) is 15.0. The number of nitrogens with zero attached hydrogens (tertiary/aromatic N) is 1. The van der Waals surface area contributed by atoms with E-state index in [-0.39, 0.29) is 23.1 Å². The van der Waals surface area contributed by atoms with Crippen molar-refractivity contribution in [3.63, 3.8) is 0 Å². The zero-order chi connectivity index (χ0) is 29.1. The number of piperidine rings is 1. The molecule has 0 radical (unpaired) electrons. The summed E-state index contributed by atoms with van der Waals surface area (Å²) in [6.45, 7) is 9.80. The average molecular weight is 556 g/mol. The fraction of sp³-hybridized carbons (Fsp3) is 0.424. The molecule has 0 aromatic heterocycles. The van der Waals surface area contributed by atoms with Gasteiger partial charge in [-0.25, -0.2) is 4.39 Å². The quantitative estimate of drug-likeness (QED) is 0.158. The zero-order valence-corrected chi connectivity index (χ0v) is 23.6. The van der Waals surface area contributed by atoms with Crippen molar-refractivity contribution in [2.45, 2.75) is 66.0 Å². The Morgan fingerprint density at radius 2 is 1.80 bits per heavy atom. The summed E-state index contributed by atoms with van der Waals surface area (Å²) in [5.41, 5.74) is 2.90. The SMILES string of the molecule is CCCC(C)C(=O)Oc1cccc(-c2ccc(C(F)(F)F)cc2)c1Cc1ccc(F)cc1N1CCCC(C)(C)C1. The highest BCUT2D eigenvalue weighted by molar-refractivity contribution is 5.78. The van der Waals surface area contributed by atoms with Gasteiger partial charge in [0.05, 0.1) is 11.5 Å². The van der Waals surface area contributed by atoms with Gasteiger partial charge in [0.2, 0.25) is 0 Å². The van der Waals surface area contributed by atoms with Crippen LogP contribution < -0.4 is 9.64 Å². The van der Waals surface area contributed by atoms with Crippen LogP contribution in [0.25, 0.3) is 11.1 Å². The molecule has 1 atom stereocenters. The molecule has 1 fully saturated rings. The van der Waals surface area contributed by atoms with Crippen molar-refractivity contribution < 1.29 is 27.1 Å². The first kappa shape index (κ1) is 29.6. The molecule has 214 valence electrons. The Morgan fingerprint density at radius 3 is 2.45 bits per heavy atom. The van der Waals surface area contributed by atoms with E-state index >= 15 is 0 Å². The van der Waals surface area contributed by atoms with E-state index in [4.69, 9.17) is 4.74 Å². The Kier molecular flexibility index (Phi) is 8.91. The number of rotatable bonds is 8. The molecule has 40 heavy (non-hydrogen) atoms. The van der Waals surface area contributed by atoms with E-state index in [2.05, 4.69) is 18.7 Å². The van der Waals surface area contributed by atoms with Crippen LogP contribution in [0.2, 0.25) is 0 Å². The summed E-state index contributed by atoms with van der Waals surface area (Å²) in [4.78, 5) is 15.1. The van der Waals surface area contributed by atoms with Crippen LogP contribution in [0.3, 0.4) is 0 Å². The minimum Gasteiger partial charge on any atom is -0.426 e. The molecular weight excluding hydrogens is 518 g/mol. The highest BCUT2D eigenvalue weighted by Crippen LogP contribution is 2.39. The van der Waals surface area contributed by atoms with Crippen LogP contribution in [0.15, 0.2) is 60.7 Å². The molecule has 0 bridgehead atoms. The normalized spacial score (nSPS) is 16.1. The van der Waals surface area contributed by atoms with Crippen LogP contribution in [0.5, 0.6) is 5.75 Å². The lowest BCUT2D eigenvalue weighted by atomic mass is 9.83. The van der Waals surface area contributed by atoms with E-state index in [1.165, 1.54) is 18.2 Å². The molecule has 0 spiro atoms. The molecular formula is C33H37F4NO2. The summed E-state index contributed by atoms with van der Waals surface area (Å²) < 4.78 is 60.2. The van der Waals surface area contributed by atoms with Crippen LogP contribution in [-0.4, -0.2) is 19.1 Å². The molecule has 1 unspecified atom stereocenters. The molecule has 1 heterocycles. The number of halogens is 4. The van der Waals surface area contributed by atoms with E-state index in [1.54, 1.807) is 24.3 Å². The first-order chi connectivity index (χ1) is 18.9. The van der Waals surface area contributed by atoms with Crippen LogP contribution in [0.1, 0.15) is 70.1 Å². The topological polar surface area (TPSA) is 29.5 Å². The van der Waals surface area contributed by atoms with Crippen molar-refractivity contribution in [3.8, 4) is 16.9 Å². The Hall–Kier alpha value is -3.35. The number of carbonyl (C=O) groups is 1. The maximum atomic E-state index is 14.5. The van der Waals surface area contributed by atoms with E-state index in [9.17, 15) is 22.4 Å². The Morgan fingerprint density at radius 1 is 1.07 bits per heavy atom. The second-order valence-corrected chi connectivity index (χ2v) is 11.6. The van der Waals surface area contributed by atoms with Crippen molar-refractivity contribution in [3.05, 3.63) is 83.2 Å². The fourth-order valence-corrected chi connectivity index (χ4v) is 5.51. The molecule has 0 aliphatic carbocycles. The largest absolute Gasteiger partial charge is 0.426 e. The van der Waals surface area contributed by atoms with Crippen LogP contribution in [0.4, 0.5) is 23.2 Å². The first-order valence-corrected chi connectivity index (χ1v) is 13.9. The summed E-state index contributed by atoms with van der Waals surface area (Å²) in [6.07, 6.45) is -0.544. The van der Waals surface area contributed by atoms with Gasteiger partial charge < -0.3 is 9.64 Å². The van der Waals surface area contributed by atoms with Gasteiger partial charge >= 0.3 is 12.1 Å². The molecule has 7 heteroatoms. The van der Waals surface area contributed by atoms with Crippen molar-refractivity contribution in [1.82, 2.24) is 0 Å². The number of benzene rings is 3. The van der Waals surface area contributed by atoms with Crippen LogP contribution in [0, 0.1) is 17.2 Å². The average Bonchev–Trinajstić information content (AvgIpc) is 2.89. The van der Waals surface area contributed by atoms with Gasteiger partial charge in [-0.05, 0) is 71.7 Å². The van der Waals surface area contributed by atoms with E-state index < -0.39 is 11.7 Å². The molecule has 1 saturated heterocycles. The van der Waals surface area contributed by atoms with Gasteiger partial charge in [-0.3, -0.25) is 4.79 Å². The number of carbonyl (C=O) groups excluding carboxylic acids is 1. The highest BCUT2D eigenvalue weighted by Gasteiger charge is 2.31. The first-order valence-electron chi connectivity index (χ1n) is 13.9. The second-order valence-electron chi connectivity index (χ2n) is 11.6. The lowest BCUT2D eigenvalue weighted by molar-refractivity contribution is -0.139. The lowest BCUT2D eigenvalue weighted by Crippen LogP contribution is -2.40. The molecule has 1 aliphatic rings. The predicted molar refractivity (Wildman–Crippen MR) is 151 cm³/mol. The number of ether oxygens (including phenoxy) is 1. The monoisotopic (exact) mass is 555 g/mol. The second kappa shape index (κ2) is 12.0.